The summed E-state index contributed by atoms with van der Waals surface area (Å²) < 4.78 is 1.72. The van der Waals surface area contributed by atoms with Crippen molar-refractivity contribution < 1.29 is 4.79 Å². The Morgan fingerprint density at radius 1 is 1.56 bits per heavy atom. The normalized spacial score (nSPS) is 10.4. The second-order valence-electron chi connectivity index (χ2n) is 3.71. The summed E-state index contributed by atoms with van der Waals surface area (Å²) in [4.78, 5) is 11.6. The molecule has 0 fully saturated rings. The van der Waals surface area contributed by atoms with Gasteiger partial charge in [0.25, 0.3) is 0 Å². The highest BCUT2D eigenvalue weighted by atomic mass is 35.5. The van der Waals surface area contributed by atoms with Crippen molar-refractivity contribution in [2.75, 3.05) is 11.2 Å². The predicted molar refractivity (Wildman–Crippen MR) is 65.8 cm³/mol. The Bertz CT molecular complexity index is 349. The van der Waals surface area contributed by atoms with Crippen molar-refractivity contribution >= 4 is 23.2 Å². The van der Waals surface area contributed by atoms with Gasteiger partial charge in [-0.05, 0) is 19.3 Å². The molecule has 0 saturated heterocycles. The molecule has 0 spiro atoms. The third-order valence-corrected chi connectivity index (χ3v) is 2.57. The van der Waals surface area contributed by atoms with Gasteiger partial charge >= 0.3 is 0 Å². The fourth-order valence-electron chi connectivity index (χ4n) is 1.49. The van der Waals surface area contributed by atoms with Crippen LogP contribution in [0.25, 0.3) is 0 Å². The van der Waals surface area contributed by atoms with E-state index in [1.54, 1.807) is 4.68 Å². The number of aromatic nitrogens is 2. The molecule has 4 nitrogen and oxygen atoms in total. The van der Waals surface area contributed by atoms with E-state index < -0.39 is 0 Å². The van der Waals surface area contributed by atoms with E-state index in [-0.39, 0.29) is 5.91 Å². The Morgan fingerprint density at radius 2 is 2.31 bits per heavy atom. The molecule has 1 aromatic heterocycles. The number of hydrogen-bond acceptors (Lipinski definition) is 2. The van der Waals surface area contributed by atoms with Gasteiger partial charge in [-0.3, -0.25) is 9.48 Å². The van der Waals surface area contributed by atoms with Crippen LogP contribution in [0, 0.1) is 0 Å². The number of aryl methyl sites for hydroxylation is 2. The Morgan fingerprint density at radius 3 is 2.94 bits per heavy atom. The highest BCUT2D eigenvalue weighted by molar-refractivity contribution is 6.17. The van der Waals surface area contributed by atoms with Crippen molar-refractivity contribution in [2.45, 2.75) is 32.6 Å². The molecule has 0 aliphatic heterocycles. The van der Waals surface area contributed by atoms with E-state index in [9.17, 15) is 4.79 Å². The monoisotopic (exact) mass is 243 g/mol. The second kappa shape index (κ2) is 6.53. The van der Waals surface area contributed by atoms with Crippen molar-refractivity contribution in [1.29, 1.82) is 0 Å². The van der Waals surface area contributed by atoms with Crippen LogP contribution < -0.4 is 5.32 Å². The minimum absolute atomic E-state index is 0.0350. The molecule has 0 aliphatic rings. The molecule has 16 heavy (non-hydrogen) atoms. The van der Waals surface area contributed by atoms with Crippen molar-refractivity contribution in [3.8, 4) is 0 Å². The number of nitrogens with zero attached hydrogens (tertiary/aromatic N) is 2. The van der Waals surface area contributed by atoms with Crippen molar-refractivity contribution in [1.82, 2.24) is 9.78 Å². The van der Waals surface area contributed by atoms with Gasteiger partial charge in [-0.1, -0.05) is 6.92 Å². The van der Waals surface area contributed by atoms with Crippen LogP contribution in [0.3, 0.4) is 0 Å². The van der Waals surface area contributed by atoms with Crippen LogP contribution in [0.1, 0.15) is 31.9 Å². The molecular weight excluding hydrogens is 226 g/mol. The lowest BCUT2D eigenvalue weighted by atomic mass is 10.2. The number of amides is 1. The van der Waals surface area contributed by atoms with E-state index >= 15 is 0 Å². The molecule has 1 rings (SSSR count). The van der Waals surface area contributed by atoms with E-state index in [1.807, 2.05) is 20.2 Å². The number of carbonyl (C=O) groups is 1. The largest absolute Gasteiger partial charge is 0.323 e. The maximum Gasteiger partial charge on any atom is 0.224 e. The Kier molecular flexibility index (Phi) is 5.32. The van der Waals surface area contributed by atoms with Crippen molar-refractivity contribution in [2.24, 2.45) is 7.05 Å². The average Bonchev–Trinajstić information content (AvgIpc) is 2.59. The molecule has 1 N–H and O–H groups in total. The van der Waals surface area contributed by atoms with Crippen LogP contribution in [0.5, 0.6) is 0 Å². The van der Waals surface area contributed by atoms with Gasteiger partial charge < -0.3 is 5.32 Å². The van der Waals surface area contributed by atoms with Crippen LogP contribution in [0.15, 0.2) is 6.20 Å². The summed E-state index contributed by atoms with van der Waals surface area (Å²) in [7, 11) is 1.85. The molecule has 0 bridgehead atoms. The van der Waals surface area contributed by atoms with Gasteiger partial charge in [-0.2, -0.15) is 5.10 Å². The first-order valence-corrected chi connectivity index (χ1v) is 6.09. The van der Waals surface area contributed by atoms with E-state index in [0.29, 0.717) is 12.3 Å². The summed E-state index contributed by atoms with van der Waals surface area (Å²) in [5.41, 5.74) is 1.74. The molecule has 0 atom stereocenters. The lowest BCUT2D eigenvalue weighted by molar-refractivity contribution is -0.116. The Hall–Kier alpha value is -1.03. The van der Waals surface area contributed by atoms with Gasteiger partial charge in [-0.25, -0.2) is 0 Å². The molecule has 90 valence electrons. The third kappa shape index (κ3) is 3.85. The number of carbonyl (C=O) groups excluding carboxylic acids is 1. The first-order chi connectivity index (χ1) is 7.67. The summed E-state index contributed by atoms with van der Waals surface area (Å²) in [5.74, 6) is 0.647. The molecular formula is C11H18ClN3O. The fraction of sp³-hybridized carbons (Fsp3) is 0.636. The van der Waals surface area contributed by atoms with E-state index in [0.717, 1.165) is 30.6 Å². The highest BCUT2D eigenvalue weighted by Gasteiger charge is 2.08. The van der Waals surface area contributed by atoms with Gasteiger partial charge in [0.2, 0.25) is 5.91 Å². The van der Waals surface area contributed by atoms with E-state index in [2.05, 4.69) is 10.4 Å². The maximum atomic E-state index is 11.6. The number of rotatable bonds is 6. The molecule has 0 saturated carbocycles. The van der Waals surface area contributed by atoms with Crippen LogP contribution in [-0.4, -0.2) is 21.6 Å². The summed E-state index contributed by atoms with van der Waals surface area (Å²) in [6.45, 7) is 2.02. The lowest BCUT2D eigenvalue weighted by Crippen LogP contribution is -2.11. The van der Waals surface area contributed by atoms with Crippen molar-refractivity contribution in [3.63, 3.8) is 0 Å². The number of halogens is 1. The zero-order valence-corrected chi connectivity index (χ0v) is 10.5. The Labute approximate surface area is 101 Å². The van der Waals surface area contributed by atoms with Crippen LogP contribution >= 0.6 is 11.6 Å². The molecule has 5 heteroatoms. The number of nitrogens with one attached hydrogen (secondary N) is 1. The second-order valence-corrected chi connectivity index (χ2v) is 4.09. The van der Waals surface area contributed by atoms with Gasteiger partial charge in [0.15, 0.2) is 0 Å². The van der Waals surface area contributed by atoms with Crippen LogP contribution in [-0.2, 0) is 18.3 Å². The average molecular weight is 244 g/mol. The number of anilines is 1. The first-order valence-electron chi connectivity index (χ1n) is 5.55. The molecule has 0 aromatic carbocycles. The number of unbranched alkanes of at least 4 members (excludes halogenated alkanes) is 1. The zero-order valence-electron chi connectivity index (χ0n) is 9.79. The topological polar surface area (TPSA) is 46.9 Å². The van der Waals surface area contributed by atoms with Gasteiger partial charge in [-0.15, -0.1) is 11.6 Å². The molecule has 0 aliphatic carbocycles. The quantitative estimate of drug-likeness (QED) is 0.616. The summed E-state index contributed by atoms with van der Waals surface area (Å²) in [6, 6.07) is 0. The van der Waals surface area contributed by atoms with Gasteiger partial charge in [0.1, 0.15) is 0 Å². The number of alkyl halides is 1. The summed E-state index contributed by atoms with van der Waals surface area (Å²) in [6.07, 6.45) is 4.88. The SMILES string of the molecule is CCc1nn(C)cc1NC(=O)CCCCCl. The van der Waals surface area contributed by atoms with E-state index in [1.165, 1.54) is 0 Å². The van der Waals surface area contributed by atoms with Gasteiger partial charge in [0.05, 0.1) is 11.4 Å². The summed E-state index contributed by atoms with van der Waals surface area (Å²) in [5, 5.41) is 7.14. The molecule has 1 amide bonds. The summed E-state index contributed by atoms with van der Waals surface area (Å²) >= 11 is 5.55. The van der Waals surface area contributed by atoms with Crippen LogP contribution in [0.4, 0.5) is 5.69 Å². The fourth-order valence-corrected chi connectivity index (χ4v) is 1.68. The van der Waals surface area contributed by atoms with Gasteiger partial charge in [0, 0.05) is 25.5 Å². The maximum absolute atomic E-state index is 11.6. The smallest absolute Gasteiger partial charge is 0.224 e. The third-order valence-electron chi connectivity index (χ3n) is 2.30. The lowest BCUT2D eigenvalue weighted by Gasteiger charge is -2.03. The predicted octanol–water partition coefficient (Wildman–Crippen LogP) is 2.33. The zero-order chi connectivity index (χ0) is 12.0. The van der Waals surface area contributed by atoms with Crippen molar-refractivity contribution in [3.05, 3.63) is 11.9 Å². The molecule has 0 unspecified atom stereocenters. The van der Waals surface area contributed by atoms with E-state index in [4.69, 9.17) is 11.6 Å². The standard InChI is InChI=1S/C11H18ClN3O/c1-3-9-10(8-15(2)14-9)13-11(16)6-4-5-7-12/h8H,3-7H2,1-2H3,(H,13,16). The molecule has 0 radical (unpaired) electrons. The molecule has 1 heterocycles. The first kappa shape index (κ1) is 13.0. The minimum Gasteiger partial charge on any atom is -0.323 e. The number of hydrogen-bond donors (Lipinski definition) is 1. The Balaban J connectivity index is 2.48. The van der Waals surface area contributed by atoms with Crippen LogP contribution in [0.2, 0.25) is 0 Å². The minimum atomic E-state index is 0.0350. The highest BCUT2D eigenvalue weighted by Crippen LogP contribution is 2.14. The molecule has 1 aromatic rings.